The van der Waals surface area contributed by atoms with Gasteiger partial charge in [0.1, 0.15) is 11.4 Å². The maximum absolute atomic E-state index is 12.4. The minimum Gasteiger partial charge on any atom is -0.497 e. The van der Waals surface area contributed by atoms with Crippen molar-refractivity contribution in [1.29, 1.82) is 0 Å². The van der Waals surface area contributed by atoms with Gasteiger partial charge in [0.25, 0.3) is 5.91 Å². The van der Waals surface area contributed by atoms with E-state index in [1.165, 1.54) is 0 Å². The molecule has 2 N–H and O–H groups in total. The topological polar surface area (TPSA) is 76.1 Å². The summed E-state index contributed by atoms with van der Waals surface area (Å²) in [5.74, 6) is 1.07. The van der Waals surface area contributed by atoms with Gasteiger partial charge in [-0.05, 0) is 57.9 Å². The van der Waals surface area contributed by atoms with Gasteiger partial charge in [-0.25, -0.2) is 9.97 Å². The molecule has 0 atom stereocenters. The number of nitrogens with zero attached hydrogens (tertiary/aromatic N) is 2. The van der Waals surface area contributed by atoms with E-state index >= 15 is 0 Å². The van der Waals surface area contributed by atoms with Crippen LogP contribution in [0.25, 0.3) is 0 Å². The molecule has 0 saturated heterocycles. The highest BCUT2D eigenvalue weighted by Gasteiger charge is 2.15. The van der Waals surface area contributed by atoms with Gasteiger partial charge in [0.2, 0.25) is 5.95 Å². The zero-order valence-electron chi connectivity index (χ0n) is 15.5. The van der Waals surface area contributed by atoms with Crippen molar-refractivity contribution in [2.45, 2.75) is 39.7 Å². The number of rotatable bonds is 6. The number of aromatic nitrogens is 2. The molecule has 6 nitrogen and oxygen atoms in total. The molecule has 0 radical (unpaired) electrons. The van der Waals surface area contributed by atoms with Crippen LogP contribution in [-0.4, -0.2) is 35.1 Å². The number of amides is 1. The Morgan fingerprint density at radius 1 is 1.20 bits per heavy atom. The molecule has 2 aromatic rings. The van der Waals surface area contributed by atoms with Gasteiger partial charge < -0.3 is 15.4 Å². The van der Waals surface area contributed by atoms with Crippen molar-refractivity contribution in [3.8, 4) is 5.75 Å². The second-order valence-electron chi connectivity index (χ2n) is 6.95. The van der Waals surface area contributed by atoms with E-state index in [4.69, 9.17) is 4.74 Å². The van der Waals surface area contributed by atoms with Crippen LogP contribution >= 0.6 is 0 Å². The lowest BCUT2D eigenvalue weighted by Crippen LogP contribution is -2.30. The van der Waals surface area contributed by atoms with Crippen LogP contribution in [0.4, 0.5) is 5.95 Å². The third-order valence-electron chi connectivity index (χ3n) is 3.41. The van der Waals surface area contributed by atoms with Gasteiger partial charge in [0, 0.05) is 17.8 Å². The summed E-state index contributed by atoms with van der Waals surface area (Å²) in [6.07, 6.45) is 0.722. The minimum atomic E-state index is -0.203. The molecule has 0 fully saturated rings. The lowest BCUT2D eigenvalue weighted by atomic mass is 10.1. The van der Waals surface area contributed by atoms with Crippen LogP contribution < -0.4 is 15.4 Å². The van der Waals surface area contributed by atoms with Crippen LogP contribution in [0, 0.1) is 6.92 Å². The number of nitrogens with one attached hydrogen (secondary N) is 2. The van der Waals surface area contributed by atoms with Crippen molar-refractivity contribution in [3.05, 3.63) is 47.3 Å². The van der Waals surface area contributed by atoms with Crippen LogP contribution in [-0.2, 0) is 6.42 Å². The molecule has 0 aliphatic heterocycles. The van der Waals surface area contributed by atoms with Crippen LogP contribution in [0.15, 0.2) is 30.3 Å². The average molecular weight is 342 g/mol. The standard InChI is InChI=1S/C19H26N4O2/c1-13-11-16(22-18(21-13)23-19(2,3)4)17(24)20-10-9-14-7-6-8-15(12-14)25-5/h6-8,11-12H,9-10H2,1-5H3,(H,20,24)(H,21,22,23). The van der Waals surface area contributed by atoms with Crippen LogP contribution in [0.1, 0.15) is 42.5 Å². The van der Waals surface area contributed by atoms with Gasteiger partial charge in [0.15, 0.2) is 0 Å². The van der Waals surface area contributed by atoms with Crippen molar-refractivity contribution in [3.63, 3.8) is 0 Å². The average Bonchev–Trinajstić information content (AvgIpc) is 2.52. The molecule has 0 spiro atoms. The molecule has 1 heterocycles. The summed E-state index contributed by atoms with van der Waals surface area (Å²) in [5.41, 5.74) is 2.05. The van der Waals surface area contributed by atoms with E-state index < -0.39 is 0 Å². The van der Waals surface area contributed by atoms with E-state index in [-0.39, 0.29) is 11.4 Å². The Kier molecular flexibility index (Phi) is 5.96. The van der Waals surface area contributed by atoms with E-state index in [0.717, 1.165) is 23.4 Å². The van der Waals surface area contributed by atoms with Crippen LogP contribution in [0.5, 0.6) is 5.75 Å². The Hall–Kier alpha value is -2.63. The summed E-state index contributed by atoms with van der Waals surface area (Å²) in [5, 5.41) is 6.10. The molecule has 134 valence electrons. The SMILES string of the molecule is COc1cccc(CCNC(=O)c2cc(C)nc(NC(C)(C)C)n2)c1. The Bertz CT molecular complexity index is 738. The van der Waals surface area contributed by atoms with Gasteiger partial charge in [-0.3, -0.25) is 4.79 Å². The second kappa shape index (κ2) is 7.96. The van der Waals surface area contributed by atoms with Gasteiger partial charge in [0.05, 0.1) is 7.11 Å². The Morgan fingerprint density at radius 3 is 2.64 bits per heavy atom. The van der Waals surface area contributed by atoms with Crippen LogP contribution in [0.3, 0.4) is 0 Å². The number of hydrogen-bond donors (Lipinski definition) is 2. The predicted molar refractivity (Wildman–Crippen MR) is 99.2 cm³/mol. The first-order valence-electron chi connectivity index (χ1n) is 8.32. The summed E-state index contributed by atoms with van der Waals surface area (Å²) >= 11 is 0. The zero-order chi connectivity index (χ0) is 18.4. The third-order valence-corrected chi connectivity index (χ3v) is 3.41. The van der Waals surface area contributed by atoms with Crippen molar-refractivity contribution < 1.29 is 9.53 Å². The molecule has 1 amide bonds. The number of hydrogen-bond acceptors (Lipinski definition) is 5. The fraction of sp³-hybridized carbons (Fsp3) is 0.421. The molecule has 25 heavy (non-hydrogen) atoms. The highest BCUT2D eigenvalue weighted by atomic mass is 16.5. The van der Waals surface area contributed by atoms with E-state index in [2.05, 4.69) is 20.6 Å². The summed E-state index contributed by atoms with van der Waals surface area (Å²) in [6.45, 7) is 8.44. The number of anilines is 1. The van der Waals surface area contributed by atoms with Crippen molar-refractivity contribution in [1.82, 2.24) is 15.3 Å². The smallest absolute Gasteiger partial charge is 0.270 e. The lowest BCUT2D eigenvalue weighted by molar-refractivity contribution is 0.0949. The Labute approximate surface area is 149 Å². The molecule has 2 rings (SSSR count). The van der Waals surface area contributed by atoms with E-state index in [1.54, 1.807) is 13.2 Å². The molecule has 1 aromatic heterocycles. The summed E-state index contributed by atoms with van der Waals surface area (Å²) < 4.78 is 5.21. The number of ether oxygens (including phenoxy) is 1. The number of aryl methyl sites for hydroxylation is 1. The summed E-state index contributed by atoms with van der Waals surface area (Å²) in [4.78, 5) is 21.0. The number of methoxy groups -OCH3 is 1. The van der Waals surface area contributed by atoms with Gasteiger partial charge in [-0.15, -0.1) is 0 Å². The fourth-order valence-corrected chi connectivity index (χ4v) is 2.32. The van der Waals surface area contributed by atoms with Crippen molar-refractivity contribution >= 4 is 11.9 Å². The zero-order valence-corrected chi connectivity index (χ0v) is 15.5. The first kappa shape index (κ1) is 18.7. The van der Waals surface area contributed by atoms with Gasteiger partial charge in [-0.2, -0.15) is 0 Å². The minimum absolute atomic E-state index is 0.173. The molecule has 6 heteroatoms. The van der Waals surface area contributed by atoms with Crippen molar-refractivity contribution in [2.24, 2.45) is 0 Å². The van der Waals surface area contributed by atoms with E-state index in [9.17, 15) is 4.79 Å². The summed E-state index contributed by atoms with van der Waals surface area (Å²) in [6, 6.07) is 9.50. The highest BCUT2D eigenvalue weighted by Crippen LogP contribution is 2.13. The number of benzene rings is 1. The van der Waals surface area contributed by atoms with Crippen LogP contribution in [0.2, 0.25) is 0 Å². The lowest BCUT2D eigenvalue weighted by Gasteiger charge is -2.20. The molecular weight excluding hydrogens is 316 g/mol. The monoisotopic (exact) mass is 342 g/mol. The fourth-order valence-electron chi connectivity index (χ4n) is 2.32. The molecule has 1 aromatic carbocycles. The normalized spacial score (nSPS) is 11.1. The summed E-state index contributed by atoms with van der Waals surface area (Å²) in [7, 11) is 1.64. The third kappa shape index (κ3) is 6.06. The maximum Gasteiger partial charge on any atom is 0.270 e. The number of carbonyl (C=O) groups is 1. The second-order valence-corrected chi connectivity index (χ2v) is 6.95. The first-order chi connectivity index (χ1) is 11.8. The predicted octanol–water partition coefficient (Wildman–Crippen LogP) is 2.98. The molecule has 0 aliphatic rings. The quantitative estimate of drug-likeness (QED) is 0.844. The Balaban J connectivity index is 1.98. The van der Waals surface area contributed by atoms with Gasteiger partial charge in [-0.1, -0.05) is 12.1 Å². The first-order valence-corrected chi connectivity index (χ1v) is 8.32. The molecular formula is C19H26N4O2. The number of carbonyl (C=O) groups excluding carboxylic acids is 1. The van der Waals surface area contributed by atoms with Crippen molar-refractivity contribution in [2.75, 3.05) is 19.0 Å². The maximum atomic E-state index is 12.4. The van der Waals surface area contributed by atoms with E-state index in [0.29, 0.717) is 18.2 Å². The van der Waals surface area contributed by atoms with Gasteiger partial charge >= 0.3 is 0 Å². The van der Waals surface area contributed by atoms with E-state index in [1.807, 2.05) is 52.0 Å². The molecule has 0 unspecified atom stereocenters. The molecule has 0 bridgehead atoms. The Morgan fingerprint density at radius 2 is 1.96 bits per heavy atom. The molecule has 0 aliphatic carbocycles. The molecule has 0 saturated carbocycles. The highest BCUT2D eigenvalue weighted by molar-refractivity contribution is 5.92. The largest absolute Gasteiger partial charge is 0.497 e.